The number of carbonyl (C=O) groups is 1. The minimum Gasteiger partial charge on any atom is -0.486 e. The van der Waals surface area contributed by atoms with Gasteiger partial charge in [-0.15, -0.1) is 0 Å². The van der Waals surface area contributed by atoms with E-state index in [1.807, 2.05) is 0 Å². The summed E-state index contributed by atoms with van der Waals surface area (Å²) in [5.74, 6) is -0.795. The number of carboxylic acids is 1. The fourth-order valence-electron chi connectivity index (χ4n) is 1.39. The molecule has 0 amide bonds. The van der Waals surface area contributed by atoms with Gasteiger partial charge < -0.3 is 9.84 Å². The molecule has 0 aliphatic heterocycles. The van der Waals surface area contributed by atoms with Crippen molar-refractivity contribution in [3.8, 4) is 5.75 Å². The number of halogens is 1. The zero-order chi connectivity index (χ0) is 13.0. The Labute approximate surface area is 102 Å². The van der Waals surface area contributed by atoms with Gasteiger partial charge in [0.15, 0.2) is 5.75 Å². The van der Waals surface area contributed by atoms with Crippen molar-refractivity contribution >= 4 is 5.97 Å². The highest BCUT2D eigenvalue weighted by Gasteiger charge is 2.03. The third-order valence-corrected chi connectivity index (χ3v) is 2.23. The van der Waals surface area contributed by atoms with E-state index < -0.39 is 5.97 Å². The molecular weight excluding hydrogens is 239 g/mol. The molecule has 18 heavy (non-hydrogen) atoms. The normalized spacial score (nSPS) is 10.3. The molecular formula is C12H11FN2O3. The SMILES string of the molecule is O=C(O)Cn1cc(OCc2ccc(F)cc2)cn1. The molecule has 0 fully saturated rings. The molecule has 0 spiro atoms. The summed E-state index contributed by atoms with van der Waals surface area (Å²) in [6.45, 7) is 0.0684. The standard InChI is InChI=1S/C12H11FN2O3/c13-10-3-1-9(2-4-10)8-18-11-5-14-15(6-11)7-12(16)17/h1-6H,7-8H2,(H,16,17). The number of rotatable bonds is 5. The van der Waals surface area contributed by atoms with E-state index in [0.29, 0.717) is 5.75 Å². The van der Waals surface area contributed by atoms with E-state index in [0.717, 1.165) is 5.56 Å². The van der Waals surface area contributed by atoms with Crippen molar-refractivity contribution in [3.05, 3.63) is 48.0 Å². The lowest BCUT2D eigenvalue weighted by Crippen LogP contribution is -2.08. The topological polar surface area (TPSA) is 64.3 Å². The minimum atomic E-state index is -0.969. The Kier molecular flexibility index (Phi) is 3.57. The second-order valence-electron chi connectivity index (χ2n) is 3.68. The Bertz CT molecular complexity index is 537. The first kappa shape index (κ1) is 12.1. The predicted molar refractivity (Wildman–Crippen MR) is 60.6 cm³/mol. The van der Waals surface area contributed by atoms with E-state index in [4.69, 9.17) is 9.84 Å². The van der Waals surface area contributed by atoms with Crippen molar-refractivity contribution < 1.29 is 19.0 Å². The van der Waals surface area contributed by atoms with E-state index in [-0.39, 0.29) is 19.0 Å². The van der Waals surface area contributed by atoms with Crippen LogP contribution in [0.15, 0.2) is 36.7 Å². The zero-order valence-corrected chi connectivity index (χ0v) is 9.41. The van der Waals surface area contributed by atoms with Crippen LogP contribution in [0.1, 0.15) is 5.56 Å². The van der Waals surface area contributed by atoms with Crippen molar-refractivity contribution in [1.29, 1.82) is 0 Å². The molecule has 94 valence electrons. The quantitative estimate of drug-likeness (QED) is 0.877. The Morgan fingerprint density at radius 3 is 2.78 bits per heavy atom. The maximum absolute atomic E-state index is 12.7. The van der Waals surface area contributed by atoms with Gasteiger partial charge in [-0.1, -0.05) is 12.1 Å². The van der Waals surface area contributed by atoms with E-state index >= 15 is 0 Å². The van der Waals surface area contributed by atoms with Crippen molar-refractivity contribution in [2.75, 3.05) is 0 Å². The molecule has 0 unspecified atom stereocenters. The first-order chi connectivity index (χ1) is 8.63. The predicted octanol–water partition coefficient (Wildman–Crippen LogP) is 1.69. The summed E-state index contributed by atoms with van der Waals surface area (Å²) < 4.78 is 19.3. The van der Waals surface area contributed by atoms with Crippen LogP contribution in [0.3, 0.4) is 0 Å². The van der Waals surface area contributed by atoms with Crippen LogP contribution < -0.4 is 4.74 Å². The van der Waals surface area contributed by atoms with Crippen LogP contribution >= 0.6 is 0 Å². The van der Waals surface area contributed by atoms with Crippen LogP contribution in [-0.2, 0) is 17.9 Å². The highest BCUT2D eigenvalue weighted by atomic mass is 19.1. The monoisotopic (exact) mass is 250 g/mol. The molecule has 0 aliphatic carbocycles. The van der Waals surface area contributed by atoms with Crippen LogP contribution in [-0.4, -0.2) is 20.9 Å². The number of nitrogens with zero attached hydrogens (tertiary/aromatic N) is 2. The molecule has 0 saturated heterocycles. The fraction of sp³-hybridized carbons (Fsp3) is 0.167. The highest BCUT2D eigenvalue weighted by Crippen LogP contribution is 2.11. The summed E-state index contributed by atoms with van der Waals surface area (Å²) in [6, 6.07) is 5.95. The molecule has 0 radical (unpaired) electrons. The Hall–Kier alpha value is -2.37. The van der Waals surface area contributed by atoms with Gasteiger partial charge in [-0.25, -0.2) is 4.39 Å². The summed E-state index contributed by atoms with van der Waals surface area (Å²) in [5, 5.41) is 12.4. The molecule has 5 nitrogen and oxygen atoms in total. The lowest BCUT2D eigenvalue weighted by atomic mass is 10.2. The molecule has 1 aromatic heterocycles. The first-order valence-electron chi connectivity index (χ1n) is 5.25. The average molecular weight is 250 g/mol. The molecule has 0 saturated carbocycles. The number of aliphatic carboxylic acids is 1. The zero-order valence-electron chi connectivity index (χ0n) is 9.41. The molecule has 6 heteroatoms. The van der Waals surface area contributed by atoms with Gasteiger partial charge in [0.1, 0.15) is 19.0 Å². The summed E-state index contributed by atoms with van der Waals surface area (Å²) >= 11 is 0. The van der Waals surface area contributed by atoms with Gasteiger partial charge in [0.2, 0.25) is 0 Å². The summed E-state index contributed by atoms with van der Waals surface area (Å²) in [4.78, 5) is 10.5. The van der Waals surface area contributed by atoms with Crippen LogP contribution in [0.2, 0.25) is 0 Å². The number of ether oxygens (including phenoxy) is 1. The van der Waals surface area contributed by atoms with Gasteiger partial charge in [-0.2, -0.15) is 5.10 Å². The maximum atomic E-state index is 12.7. The minimum absolute atomic E-state index is 0.208. The van der Waals surface area contributed by atoms with Crippen molar-refractivity contribution in [3.63, 3.8) is 0 Å². The molecule has 2 aromatic rings. The number of benzene rings is 1. The van der Waals surface area contributed by atoms with Gasteiger partial charge in [0, 0.05) is 0 Å². The van der Waals surface area contributed by atoms with E-state index in [1.165, 1.54) is 29.2 Å². The molecule has 1 aromatic carbocycles. The molecule has 1 N–H and O–H groups in total. The molecule has 1 heterocycles. The van der Waals surface area contributed by atoms with E-state index in [1.54, 1.807) is 12.1 Å². The van der Waals surface area contributed by atoms with Gasteiger partial charge in [0.25, 0.3) is 0 Å². The molecule has 2 rings (SSSR count). The Morgan fingerprint density at radius 2 is 2.11 bits per heavy atom. The van der Waals surface area contributed by atoms with Crippen LogP contribution in [0.25, 0.3) is 0 Å². The van der Waals surface area contributed by atoms with Crippen molar-refractivity contribution in [2.24, 2.45) is 0 Å². The first-order valence-corrected chi connectivity index (χ1v) is 5.25. The second-order valence-corrected chi connectivity index (χ2v) is 3.68. The van der Waals surface area contributed by atoms with Gasteiger partial charge in [0.05, 0.1) is 12.4 Å². The fourth-order valence-corrected chi connectivity index (χ4v) is 1.39. The number of hydrogen-bond donors (Lipinski definition) is 1. The number of carboxylic acid groups (broad SMARTS) is 1. The van der Waals surface area contributed by atoms with Gasteiger partial charge in [-0.3, -0.25) is 9.48 Å². The summed E-state index contributed by atoms with van der Waals surface area (Å²) in [7, 11) is 0. The highest BCUT2D eigenvalue weighted by molar-refractivity contribution is 5.66. The second kappa shape index (κ2) is 5.31. The van der Waals surface area contributed by atoms with E-state index in [2.05, 4.69) is 5.10 Å². The summed E-state index contributed by atoms with van der Waals surface area (Å²) in [5.41, 5.74) is 0.822. The smallest absolute Gasteiger partial charge is 0.325 e. The van der Waals surface area contributed by atoms with Crippen LogP contribution in [0, 0.1) is 5.82 Å². The Balaban J connectivity index is 1.92. The average Bonchev–Trinajstić information content (AvgIpc) is 2.75. The van der Waals surface area contributed by atoms with Crippen LogP contribution in [0.4, 0.5) is 4.39 Å². The molecule has 0 atom stereocenters. The van der Waals surface area contributed by atoms with Crippen LogP contribution in [0.5, 0.6) is 5.75 Å². The van der Waals surface area contributed by atoms with Gasteiger partial charge in [-0.05, 0) is 17.7 Å². The third kappa shape index (κ3) is 3.31. The number of aromatic nitrogens is 2. The molecule has 0 bridgehead atoms. The van der Waals surface area contributed by atoms with Crippen molar-refractivity contribution in [2.45, 2.75) is 13.2 Å². The lowest BCUT2D eigenvalue weighted by molar-refractivity contribution is -0.137. The summed E-state index contributed by atoms with van der Waals surface area (Å²) in [6.07, 6.45) is 2.93. The van der Waals surface area contributed by atoms with E-state index in [9.17, 15) is 9.18 Å². The van der Waals surface area contributed by atoms with Crippen molar-refractivity contribution in [1.82, 2.24) is 9.78 Å². The maximum Gasteiger partial charge on any atom is 0.325 e. The largest absolute Gasteiger partial charge is 0.486 e. The lowest BCUT2D eigenvalue weighted by Gasteiger charge is -2.02. The number of hydrogen-bond acceptors (Lipinski definition) is 3. The Morgan fingerprint density at radius 1 is 1.39 bits per heavy atom. The van der Waals surface area contributed by atoms with Gasteiger partial charge >= 0.3 is 5.97 Å². The molecule has 0 aliphatic rings. The third-order valence-electron chi connectivity index (χ3n) is 2.23.